The fourth-order valence-corrected chi connectivity index (χ4v) is 3.21. The first-order chi connectivity index (χ1) is 8.00. The SMILES string of the molecule is COCCCNC(C)=C1C(=O)C[C@@H]2[C@H]1C2(C)C. The lowest BCUT2D eigenvalue weighted by molar-refractivity contribution is -0.115. The summed E-state index contributed by atoms with van der Waals surface area (Å²) in [7, 11) is 1.71. The minimum atomic E-state index is 0.346. The summed E-state index contributed by atoms with van der Waals surface area (Å²) in [5.41, 5.74) is 2.50. The predicted molar refractivity (Wildman–Crippen MR) is 67.6 cm³/mol. The van der Waals surface area contributed by atoms with Crippen LogP contribution in [0.4, 0.5) is 0 Å². The van der Waals surface area contributed by atoms with Crippen molar-refractivity contribution in [1.82, 2.24) is 5.32 Å². The van der Waals surface area contributed by atoms with Crippen molar-refractivity contribution < 1.29 is 9.53 Å². The van der Waals surface area contributed by atoms with Gasteiger partial charge in [0.05, 0.1) is 0 Å². The van der Waals surface area contributed by atoms with Crippen LogP contribution < -0.4 is 5.32 Å². The summed E-state index contributed by atoms with van der Waals surface area (Å²) < 4.78 is 5.01. The van der Waals surface area contributed by atoms with Crippen LogP contribution in [0.2, 0.25) is 0 Å². The first-order valence-electron chi connectivity index (χ1n) is 6.47. The minimum absolute atomic E-state index is 0.346. The highest BCUT2D eigenvalue weighted by Crippen LogP contribution is 2.68. The Morgan fingerprint density at radius 2 is 2.24 bits per heavy atom. The maximum atomic E-state index is 11.9. The molecule has 2 aliphatic carbocycles. The van der Waals surface area contributed by atoms with E-state index in [-0.39, 0.29) is 0 Å². The van der Waals surface area contributed by atoms with Crippen LogP contribution in [-0.4, -0.2) is 26.0 Å². The summed E-state index contributed by atoms with van der Waals surface area (Å²) >= 11 is 0. The molecule has 0 aliphatic heterocycles. The number of rotatable bonds is 5. The third kappa shape index (κ3) is 2.13. The number of carbonyl (C=O) groups is 1. The number of ketones is 1. The van der Waals surface area contributed by atoms with Crippen LogP contribution in [0.5, 0.6) is 0 Å². The quantitative estimate of drug-likeness (QED) is 0.588. The lowest BCUT2D eigenvalue weighted by atomic mass is 9.95. The van der Waals surface area contributed by atoms with E-state index >= 15 is 0 Å². The molecule has 17 heavy (non-hydrogen) atoms. The highest BCUT2D eigenvalue weighted by atomic mass is 16.5. The zero-order valence-corrected chi connectivity index (χ0v) is 11.3. The second-order valence-electron chi connectivity index (χ2n) is 5.84. The summed E-state index contributed by atoms with van der Waals surface area (Å²) in [6.07, 6.45) is 1.73. The van der Waals surface area contributed by atoms with Gasteiger partial charge in [-0.2, -0.15) is 0 Å². The Morgan fingerprint density at radius 3 is 2.82 bits per heavy atom. The lowest BCUT2D eigenvalue weighted by Gasteiger charge is -2.14. The lowest BCUT2D eigenvalue weighted by Crippen LogP contribution is -2.20. The molecule has 0 unspecified atom stereocenters. The number of carbonyl (C=O) groups excluding carboxylic acids is 1. The van der Waals surface area contributed by atoms with Crippen molar-refractivity contribution >= 4 is 5.78 Å². The molecule has 2 fully saturated rings. The maximum Gasteiger partial charge on any atom is 0.161 e. The van der Waals surface area contributed by atoms with E-state index in [1.807, 2.05) is 6.92 Å². The van der Waals surface area contributed by atoms with E-state index in [0.29, 0.717) is 23.0 Å². The van der Waals surface area contributed by atoms with Gasteiger partial charge in [-0.1, -0.05) is 13.8 Å². The average molecular weight is 237 g/mol. The Morgan fingerprint density at radius 1 is 1.53 bits per heavy atom. The highest BCUT2D eigenvalue weighted by Gasteiger charge is 2.65. The standard InChI is InChI=1S/C14H23NO2/c1-9(15-6-5-7-17-4)12-11(16)8-10-13(12)14(10,2)3/h10,13,15H,5-8H2,1-4H3/t10-,13-/m1/s1. The molecule has 1 N–H and O–H groups in total. The summed E-state index contributed by atoms with van der Waals surface area (Å²) in [6, 6.07) is 0. The van der Waals surface area contributed by atoms with Gasteiger partial charge in [-0.25, -0.2) is 0 Å². The van der Waals surface area contributed by atoms with Crippen LogP contribution in [0.1, 0.15) is 33.6 Å². The number of ether oxygens (including phenoxy) is 1. The number of hydrogen-bond acceptors (Lipinski definition) is 3. The fourth-order valence-electron chi connectivity index (χ4n) is 3.21. The normalized spacial score (nSPS) is 32.4. The first-order valence-corrected chi connectivity index (χ1v) is 6.47. The summed E-state index contributed by atoms with van der Waals surface area (Å²) in [6.45, 7) is 8.23. The van der Waals surface area contributed by atoms with E-state index in [1.54, 1.807) is 7.11 Å². The van der Waals surface area contributed by atoms with Gasteiger partial charge < -0.3 is 10.1 Å². The molecule has 0 heterocycles. The van der Waals surface area contributed by atoms with Gasteiger partial charge in [-0.3, -0.25) is 4.79 Å². The van der Waals surface area contributed by atoms with Crippen LogP contribution >= 0.6 is 0 Å². The zero-order chi connectivity index (χ0) is 12.6. The number of fused-ring (bicyclic) bond motifs is 1. The fraction of sp³-hybridized carbons (Fsp3) is 0.786. The molecule has 0 saturated heterocycles. The van der Waals surface area contributed by atoms with Gasteiger partial charge >= 0.3 is 0 Å². The molecule has 0 spiro atoms. The molecule has 96 valence electrons. The van der Waals surface area contributed by atoms with Gasteiger partial charge in [0.2, 0.25) is 0 Å². The average Bonchev–Trinajstić information content (AvgIpc) is 2.64. The first kappa shape index (κ1) is 12.6. The van der Waals surface area contributed by atoms with Crippen molar-refractivity contribution in [3.8, 4) is 0 Å². The van der Waals surface area contributed by atoms with E-state index in [1.165, 1.54) is 0 Å². The van der Waals surface area contributed by atoms with Crippen molar-refractivity contribution in [3.63, 3.8) is 0 Å². The molecular weight excluding hydrogens is 214 g/mol. The Balaban J connectivity index is 1.97. The second kappa shape index (κ2) is 4.45. The molecule has 2 aliphatic rings. The van der Waals surface area contributed by atoms with Crippen LogP contribution in [0.15, 0.2) is 11.3 Å². The number of hydrogen-bond donors (Lipinski definition) is 1. The summed E-state index contributed by atoms with van der Waals surface area (Å²) in [5, 5.41) is 3.36. The molecule has 0 amide bonds. The van der Waals surface area contributed by atoms with Crippen molar-refractivity contribution in [3.05, 3.63) is 11.3 Å². The van der Waals surface area contributed by atoms with Gasteiger partial charge in [0.15, 0.2) is 5.78 Å². The number of allylic oxidation sites excluding steroid dienone is 2. The monoisotopic (exact) mass is 237 g/mol. The summed E-state index contributed by atoms with van der Waals surface area (Å²) in [4.78, 5) is 11.9. The van der Waals surface area contributed by atoms with Gasteiger partial charge in [-0.15, -0.1) is 0 Å². The Labute approximate surface area is 104 Å². The van der Waals surface area contributed by atoms with Crippen molar-refractivity contribution in [2.24, 2.45) is 17.3 Å². The van der Waals surface area contributed by atoms with Crippen LogP contribution in [0.3, 0.4) is 0 Å². The molecule has 3 nitrogen and oxygen atoms in total. The maximum absolute atomic E-state index is 11.9. The number of methoxy groups -OCH3 is 1. The largest absolute Gasteiger partial charge is 0.388 e. The zero-order valence-electron chi connectivity index (χ0n) is 11.3. The number of nitrogens with one attached hydrogen (secondary N) is 1. The van der Waals surface area contributed by atoms with Crippen LogP contribution in [0, 0.1) is 17.3 Å². The minimum Gasteiger partial charge on any atom is -0.388 e. The Bertz CT molecular complexity index is 357. The molecule has 0 aromatic rings. The van der Waals surface area contributed by atoms with E-state index < -0.39 is 0 Å². The number of Topliss-reactive ketones (excluding diaryl/α,β-unsaturated/α-hetero) is 1. The van der Waals surface area contributed by atoms with E-state index in [0.717, 1.165) is 37.3 Å². The molecule has 3 heteroatoms. The van der Waals surface area contributed by atoms with E-state index in [9.17, 15) is 4.79 Å². The van der Waals surface area contributed by atoms with Crippen molar-refractivity contribution in [2.75, 3.05) is 20.3 Å². The van der Waals surface area contributed by atoms with Crippen LogP contribution in [-0.2, 0) is 9.53 Å². The molecule has 2 atom stereocenters. The molecule has 0 bridgehead atoms. The van der Waals surface area contributed by atoms with Gasteiger partial charge in [0.1, 0.15) is 0 Å². The van der Waals surface area contributed by atoms with Crippen molar-refractivity contribution in [2.45, 2.75) is 33.6 Å². The van der Waals surface area contributed by atoms with E-state index in [4.69, 9.17) is 4.74 Å². The third-order valence-corrected chi connectivity index (χ3v) is 4.39. The molecule has 0 aromatic carbocycles. The smallest absolute Gasteiger partial charge is 0.161 e. The second-order valence-corrected chi connectivity index (χ2v) is 5.84. The van der Waals surface area contributed by atoms with E-state index in [2.05, 4.69) is 19.2 Å². The molecule has 2 saturated carbocycles. The Hall–Kier alpha value is -0.830. The predicted octanol–water partition coefficient (Wildman–Crippen LogP) is 2.13. The molecular formula is C14H23NO2. The van der Waals surface area contributed by atoms with Crippen LogP contribution in [0.25, 0.3) is 0 Å². The van der Waals surface area contributed by atoms with Gasteiger partial charge in [-0.05, 0) is 30.6 Å². The molecule has 2 rings (SSSR count). The van der Waals surface area contributed by atoms with Gasteiger partial charge in [0, 0.05) is 38.0 Å². The highest BCUT2D eigenvalue weighted by molar-refractivity contribution is 6.01. The van der Waals surface area contributed by atoms with Gasteiger partial charge in [0.25, 0.3) is 0 Å². The topological polar surface area (TPSA) is 38.3 Å². The molecule has 0 aromatic heterocycles. The summed E-state index contributed by atoms with van der Waals surface area (Å²) in [5.74, 6) is 1.46. The molecule has 0 radical (unpaired) electrons. The third-order valence-electron chi connectivity index (χ3n) is 4.39. The Kier molecular flexibility index (Phi) is 3.30. The van der Waals surface area contributed by atoms with Crippen molar-refractivity contribution in [1.29, 1.82) is 0 Å².